The number of rotatable bonds is 8. The number of carbonyl (C=O) groups is 2. The standard InChI is InChI=1S/C25H29N3O7/c1-13(2)35-24(29)21-16(5)26-25(30)27-22(21)17-10-19(28(31)32)23(20(11-17)33-6)34-12-18-9-14(3)7-8-15(18)4/h7-11,13,22H,12H2,1-6H3,(H2,26,27,30). The monoisotopic (exact) mass is 483 g/mol. The molecule has 2 aromatic carbocycles. The van der Waals surface area contributed by atoms with Gasteiger partial charge >= 0.3 is 17.7 Å². The number of methoxy groups -OCH3 is 1. The van der Waals surface area contributed by atoms with Crippen LogP contribution in [0.25, 0.3) is 0 Å². The van der Waals surface area contributed by atoms with Crippen LogP contribution < -0.4 is 20.1 Å². The largest absolute Gasteiger partial charge is 0.493 e. The Morgan fingerprint density at radius 3 is 2.51 bits per heavy atom. The fourth-order valence-electron chi connectivity index (χ4n) is 3.80. The van der Waals surface area contributed by atoms with Gasteiger partial charge in [0.25, 0.3) is 0 Å². The minimum absolute atomic E-state index is 0.0468. The molecule has 0 bridgehead atoms. The third kappa shape index (κ3) is 5.71. The lowest BCUT2D eigenvalue weighted by Gasteiger charge is -2.29. The fraction of sp³-hybridized carbons (Fsp3) is 0.360. The summed E-state index contributed by atoms with van der Waals surface area (Å²) in [6.07, 6.45) is -0.397. The molecule has 10 heteroatoms. The van der Waals surface area contributed by atoms with Crippen molar-refractivity contribution < 1.29 is 28.7 Å². The molecule has 0 fully saturated rings. The lowest BCUT2D eigenvalue weighted by molar-refractivity contribution is -0.386. The summed E-state index contributed by atoms with van der Waals surface area (Å²) in [6.45, 7) is 8.95. The Labute approximate surface area is 203 Å². The van der Waals surface area contributed by atoms with Crippen LogP contribution >= 0.6 is 0 Å². The summed E-state index contributed by atoms with van der Waals surface area (Å²) >= 11 is 0. The van der Waals surface area contributed by atoms with E-state index in [4.69, 9.17) is 14.2 Å². The van der Waals surface area contributed by atoms with Crippen molar-refractivity contribution in [3.63, 3.8) is 0 Å². The molecule has 2 N–H and O–H groups in total. The Morgan fingerprint density at radius 1 is 1.17 bits per heavy atom. The number of hydrogen-bond acceptors (Lipinski definition) is 7. The van der Waals surface area contributed by atoms with Crippen LogP contribution in [0.1, 0.15) is 49.1 Å². The molecular weight excluding hydrogens is 454 g/mol. The number of allylic oxidation sites excluding steroid dienone is 1. The van der Waals surface area contributed by atoms with Crippen molar-refractivity contribution in [2.24, 2.45) is 0 Å². The van der Waals surface area contributed by atoms with Gasteiger partial charge < -0.3 is 24.8 Å². The maximum absolute atomic E-state index is 12.8. The molecule has 0 spiro atoms. The zero-order valence-corrected chi connectivity index (χ0v) is 20.6. The molecule has 0 radical (unpaired) electrons. The third-order valence-corrected chi connectivity index (χ3v) is 5.52. The first-order chi connectivity index (χ1) is 16.5. The molecule has 1 heterocycles. The summed E-state index contributed by atoms with van der Waals surface area (Å²) < 4.78 is 16.7. The van der Waals surface area contributed by atoms with Crippen molar-refractivity contribution in [1.29, 1.82) is 0 Å². The minimum Gasteiger partial charge on any atom is -0.493 e. The number of carbonyl (C=O) groups excluding carboxylic acids is 2. The molecule has 2 amide bonds. The Morgan fingerprint density at radius 2 is 1.89 bits per heavy atom. The average Bonchev–Trinajstić information content (AvgIpc) is 2.77. The van der Waals surface area contributed by atoms with Gasteiger partial charge in [-0.3, -0.25) is 10.1 Å². The van der Waals surface area contributed by atoms with Crippen molar-refractivity contribution in [2.45, 2.75) is 53.4 Å². The van der Waals surface area contributed by atoms with Gasteiger partial charge in [0, 0.05) is 11.8 Å². The van der Waals surface area contributed by atoms with Crippen LogP contribution in [-0.2, 0) is 16.1 Å². The molecule has 1 unspecified atom stereocenters. The van der Waals surface area contributed by atoms with Crippen molar-refractivity contribution in [3.05, 3.63) is 74.0 Å². The molecular formula is C25H29N3O7. The second-order valence-corrected chi connectivity index (χ2v) is 8.57. The Balaban J connectivity index is 2.06. The maximum atomic E-state index is 12.8. The zero-order chi connectivity index (χ0) is 25.9. The molecule has 1 atom stereocenters. The molecule has 0 saturated carbocycles. The highest BCUT2D eigenvalue weighted by Crippen LogP contribution is 2.42. The second kappa shape index (κ2) is 10.5. The van der Waals surface area contributed by atoms with Crippen molar-refractivity contribution in [2.75, 3.05) is 7.11 Å². The number of hydrogen-bond donors (Lipinski definition) is 2. The first kappa shape index (κ1) is 25.5. The van der Waals surface area contributed by atoms with E-state index in [1.165, 1.54) is 19.2 Å². The van der Waals surface area contributed by atoms with Crippen molar-refractivity contribution >= 4 is 17.7 Å². The molecule has 1 aliphatic heterocycles. The molecule has 10 nitrogen and oxygen atoms in total. The van der Waals surface area contributed by atoms with Crippen LogP contribution in [0.2, 0.25) is 0 Å². The summed E-state index contributed by atoms with van der Waals surface area (Å²) in [4.78, 5) is 36.4. The highest BCUT2D eigenvalue weighted by atomic mass is 16.6. The topological polar surface area (TPSA) is 129 Å². The Bertz CT molecular complexity index is 1200. The number of nitro groups is 1. The van der Waals surface area contributed by atoms with Gasteiger partial charge in [-0.05, 0) is 57.4 Å². The fourth-order valence-corrected chi connectivity index (χ4v) is 3.80. The summed E-state index contributed by atoms with van der Waals surface area (Å²) in [5.74, 6) is -0.595. The van der Waals surface area contributed by atoms with Crippen molar-refractivity contribution in [3.8, 4) is 11.5 Å². The number of nitrogens with zero attached hydrogens (tertiary/aromatic N) is 1. The molecule has 0 aromatic heterocycles. The smallest absolute Gasteiger partial charge is 0.338 e. The number of urea groups is 1. The Hall–Kier alpha value is -4.08. The van der Waals surface area contributed by atoms with Gasteiger partial charge in [0.15, 0.2) is 5.75 Å². The first-order valence-electron chi connectivity index (χ1n) is 11.1. The number of esters is 1. The average molecular weight is 484 g/mol. The minimum atomic E-state index is -0.990. The van der Waals surface area contributed by atoms with Gasteiger partial charge in [0.1, 0.15) is 6.61 Å². The highest BCUT2D eigenvalue weighted by molar-refractivity contribution is 5.95. The van der Waals surface area contributed by atoms with Crippen LogP contribution in [0.4, 0.5) is 10.5 Å². The number of aryl methyl sites for hydroxylation is 2. The number of benzene rings is 2. The zero-order valence-electron chi connectivity index (χ0n) is 20.6. The molecule has 1 aliphatic rings. The number of amides is 2. The van der Waals surface area contributed by atoms with Gasteiger partial charge in [-0.15, -0.1) is 0 Å². The van der Waals surface area contributed by atoms with E-state index < -0.39 is 29.1 Å². The normalized spacial score (nSPS) is 15.4. The SMILES string of the molecule is COc1cc(C2NC(=O)NC(C)=C2C(=O)OC(C)C)cc([N+](=O)[O-])c1OCc1cc(C)ccc1C. The van der Waals surface area contributed by atoms with E-state index in [0.29, 0.717) is 5.70 Å². The summed E-state index contributed by atoms with van der Waals surface area (Å²) in [5.41, 5.74) is 3.26. The predicted octanol–water partition coefficient (Wildman–Crippen LogP) is 4.38. The number of ether oxygens (including phenoxy) is 3. The molecule has 0 saturated heterocycles. The third-order valence-electron chi connectivity index (χ3n) is 5.52. The van der Waals surface area contributed by atoms with Crippen LogP contribution in [0.3, 0.4) is 0 Å². The highest BCUT2D eigenvalue weighted by Gasteiger charge is 2.35. The summed E-state index contributed by atoms with van der Waals surface area (Å²) in [6, 6.07) is 7.12. The van der Waals surface area contributed by atoms with Crippen LogP contribution in [-0.4, -0.2) is 30.1 Å². The molecule has 186 valence electrons. The van der Waals surface area contributed by atoms with Gasteiger partial charge in [0.05, 0.1) is 29.8 Å². The van der Waals surface area contributed by atoms with Gasteiger partial charge in [-0.2, -0.15) is 0 Å². The van der Waals surface area contributed by atoms with E-state index in [-0.39, 0.29) is 34.9 Å². The Kier molecular flexibility index (Phi) is 7.63. The van der Waals surface area contributed by atoms with Crippen molar-refractivity contribution in [1.82, 2.24) is 10.6 Å². The van der Waals surface area contributed by atoms with E-state index in [1.54, 1.807) is 20.8 Å². The second-order valence-electron chi connectivity index (χ2n) is 8.57. The van der Waals surface area contributed by atoms with Gasteiger partial charge in [-0.25, -0.2) is 9.59 Å². The summed E-state index contributed by atoms with van der Waals surface area (Å²) in [5, 5.41) is 17.2. The van der Waals surface area contributed by atoms with Crippen LogP contribution in [0.5, 0.6) is 11.5 Å². The van der Waals surface area contributed by atoms with Crippen LogP contribution in [0.15, 0.2) is 41.6 Å². The van der Waals surface area contributed by atoms with E-state index in [2.05, 4.69) is 10.6 Å². The maximum Gasteiger partial charge on any atom is 0.338 e. The van der Waals surface area contributed by atoms with E-state index >= 15 is 0 Å². The lowest BCUT2D eigenvalue weighted by atomic mass is 9.94. The summed E-state index contributed by atoms with van der Waals surface area (Å²) in [7, 11) is 1.36. The molecule has 3 rings (SSSR count). The van der Waals surface area contributed by atoms with Gasteiger partial charge in [-0.1, -0.05) is 23.8 Å². The first-order valence-corrected chi connectivity index (χ1v) is 11.1. The number of nitrogens with one attached hydrogen (secondary N) is 2. The van der Waals surface area contributed by atoms with Gasteiger partial charge in [0.2, 0.25) is 5.75 Å². The molecule has 35 heavy (non-hydrogen) atoms. The van der Waals surface area contributed by atoms with E-state index in [9.17, 15) is 19.7 Å². The molecule has 0 aliphatic carbocycles. The lowest BCUT2D eigenvalue weighted by Crippen LogP contribution is -2.45. The van der Waals surface area contributed by atoms with E-state index in [0.717, 1.165) is 16.7 Å². The quantitative estimate of drug-likeness (QED) is 0.324. The number of nitro benzene ring substituents is 1. The predicted molar refractivity (Wildman–Crippen MR) is 128 cm³/mol. The van der Waals surface area contributed by atoms with E-state index in [1.807, 2.05) is 32.0 Å². The van der Waals surface area contributed by atoms with Crippen LogP contribution in [0, 0.1) is 24.0 Å². The molecule has 2 aromatic rings.